The van der Waals surface area contributed by atoms with Gasteiger partial charge in [0.05, 0.1) is 23.7 Å². The topological polar surface area (TPSA) is 45.6 Å². The number of hydrogen-bond donors (Lipinski definition) is 1. The predicted octanol–water partition coefficient (Wildman–Crippen LogP) is 2.34. The maximum Gasteiger partial charge on any atom is 0.186 e. The fourth-order valence-corrected chi connectivity index (χ4v) is 3.13. The van der Waals surface area contributed by atoms with Crippen molar-refractivity contribution in [2.45, 2.75) is 20.1 Å². The van der Waals surface area contributed by atoms with E-state index >= 15 is 0 Å². The molecule has 1 aromatic heterocycles. The fourth-order valence-electron chi connectivity index (χ4n) is 2.18. The third kappa shape index (κ3) is 2.43. The van der Waals surface area contributed by atoms with Crippen LogP contribution in [-0.4, -0.2) is 23.2 Å². The highest BCUT2D eigenvalue weighted by atomic mass is 32.1. The van der Waals surface area contributed by atoms with Gasteiger partial charge in [0.1, 0.15) is 12.4 Å². The van der Waals surface area contributed by atoms with E-state index in [1.165, 1.54) is 5.56 Å². The summed E-state index contributed by atoms with van der Waals surface area (Å²) in [4.78, 5) is 7.70. The molecule has 0 amide bonds. The highest BCUT2D eigenvalue weighted by molar-refractivity contribution is 7.15. The van der Waals surface area contributed by atoms with E-state index in [1.807, 2.05) is 25.1 Å². The van der Waals surface area contributed by atoms with E-state index in [1.54, 1.807) is 11.3 Å². The van der Waals surface area contributed by atoms with Crippen molar-refractivity contribution in [2.24, 2.45) is 0 Å². The summed E-state index contributed by atoms with van der Waals surface area (Å²) in [5, 5.41) is 10.2. The third-order valence-corrected chi connectivity index (χ3v) is 4.45. The number of ether oxygens (including phenoxy) is 1. The molecule has 0 saturated carbocycles. The van der Waals surface area contributed by atoms with Crippen molar-refractivity contribution >= 4 is 16.5 Å². The molecule has 0 unspecified atom stereocenters. The van der Waals surface area contributed by atoms with Gasteiger partial charge in [0.25, 0.3) is 0 Å². The number of rotatable bonds is 2. The first-order chi connectivity index (χ1) is 9.28. The Kier molecular flexibility index (Phi) is 3.40. The lowest BCUT2D eigenvalue weighted by Crippen LogP contribution is -2.25. The lowest BCUT2D eigenvalue weighted by Gasteiger charge is -2.18. The zero-order chi connectivity index (χ0) is 13.2. The van der Waals surface area contributed by atoms with Crippen LogP contribution in [0.5, 0.6) is 5.75 Å². The Labute approximate surface area is 116 Å². The Morgan fingerprint density at radius 3 is 3.05 bits per heavy atom. The first kappa shape index (κ1) is 12.4. The van der Waals surface area contributed by atoms with Crippen molar-refractivity contribution in [2.75, 3.05) is 18.1 Å². The Morgan fingerprint density at radius 1 is 1.42 bits per heavy atom. The van der Waals surface area contributed by atoms with Gasteiger partial charge in [-0.05, 0) is 13.0 Å². The summed E-state index contributed by atoms with van der Waals surface area (Å²) in [6, 6.07) is 8.11. The Hall–Kier alpha value is -1.59. The standard InChI is InChI=1S/C14H16N2O2S/c1-10-13(9-17)19-14(15-10)16-6-7-18-12-5-3-2-4-11(12)8-16/h2-5,17H,6-9H2,1H3. The molecule has 0 fully saturated rings. The van der Waals surface area contributed by atoms with Crippen LogP contribution in [0.2, 0.25) is 0 Å². The number of aliphatic hydroxyl groups excluding tert-OH is 1. The lowest BCUT2D eigenvalue weighted by molar-refractivity contribution is 0.284. The van der Waals surface area contributed by atoms with Crippen LogP contribution in [0.15, 0.2) is 24.3 Å². The van der Waals surface area contributed by atoms with Gasteiger partial charge in [-0.25, -0.2) is 4.98 Å². The third-order valence-electron chi connectivity index (χ3n) is 3.25. The van der Waals surface area contributed by atoms with Crippen molar-refractivity contribution in [1.29, 1.82) is 0 Å². The maximum absolute atomic E-state index is 9.27. The zero-order valence-electron chi connectivity index (χ0n) is 10.8. The van der Waals surface area contributed by atoms with Gasteiger partial charge in [0.15, 0.2) is 5.13 Å². The van der Waals surface area contributed by atoms with Crippen LogP contribution in [0.4, 0.5) is 5.13 Å². The number of nitrogens with zero attached hydrogens (tertiary/aromatic N) is 2. The molecule has 1 aromatic carbocycles. The van der Waals surface area contributed by atoms with E-state index in [-0.39, 0.29) is 6.61 Å². The lowest BCUT2D eigenvalue weighted by atomic mass is 10.2. The monoisotopic (exact) mass is 276 g/mol. The number of hydrogen-bond acceptors (Lipinski definition) is 5. The molecule has 2 heterocycles. The number of para-hydroxylation sites is 1. The van der Waals surface area contributed by atoms with Gasteiger partial charge in [-0.1, -0.05) is 29.5 Å². The maximum atomic E-state index is 9.27. The SMILES string of the molecule is Cc1nc(N2CCOc3ccccc3C2)sc1CO. The molecule has 1 N–H and O–H groups in total. The van der Waals surface area contributed by atoms with Crippen LogP contribution in [0, 0.1) is 6.92 Å². The minimum absolute atomic E-state index is 0.0599. The largest absolute Gasteiger partial charge is 0.491 e. The highest BCUT2D eigenvalue weighted by Crippen LogP contribution is 2.30. The van der Waals surface area contributed by atoms with Gasteiger partial charge in [0.2, 0.25) is 0 Å². The van der Waals surface area contributed by atoms with Crippen molar-refractivity contribution in [1.82, 2.24) is 4.98 Å². The Balaban J connectivity index is 1.89. The molecular formula is C14H16N2O2S. The van der Waals surface area contributed by atoms with E-state index in [0.29, 0.717) is 6.61 Å². The van der Waals surface area contributed by atoms with Crippen LogP contribution < -0.4 is 9.64 Å². The van der Waals surface area contributed by atoms with Crippen LogP contribution in [-0.2, 0) is 13.2 Å². The van der Waals surface area contributed by atoms with Crippen molar-refractivity contribution in [3.05, 3.63) is 40.4 Å². The van der Waals surface area contributed by atoms with E-state index in [4.69, 9.17) is 4.74 Å². The van der Waals surface area contributed by atoms with Crippen molar-refractivity contribution in [3.63, 3.8) is 0 Å². The van der Waals surface area contributed by atoms with Gasteiger partial charge in [-0.3, -0.25) is 0 Å². The van der Waals surface area contributed by atoms with Gasteiger partial charge in [-0.2, -0.15) is 0 Å². The van der Waals surface area contributed by atoms with Crippen LogP contribution in [0.25, 0.3) is 0 Å². The molecule has 0 aliphatic carbocycles. The van der Waals surface area contributed by atoms with Gasteiger partial charge >= 0.3 is 0 Å². The minimum atomic E-state index is 0.0599. The molecule has 2 aromatic rings. The molecule has 100 valence electrons. The Morgan fingerprint density at radius 2 is 2.26 bits per heavy atom. The normalized spacial score (nSPS) is 14.7. The number of benzene rings is 1. The smallest absolute Gasteiger partial charge is 0.186 e. The molecule has 1 aliphatic rings. The quantitative estimate of drug-likeness (QED) is 0.914. The summed E-state index contributed by atoms with van der Waals surface area (Å²) < 4.78 is 5.75. The number of aliphatic hydroxyl groups is 1. The van der Waals surface area contributed by atoms with Gasteiger partial charge in [0, 0.05) is 12.1 Å². The molecule has 5 heteroatoms. The summed E-state index contributed by atoms with van der Waals surface area (Å²) in [5.41, 5.74) is 2.10. The molecule has 19 heavy (non-hydrogen) atoms. The predicted molar refractivity (Wildman–Crippen MR) is 75.8 cm³/mol. The van der Waals surface area contributed by atoms with Crippen LogP contribution in [0.3, 0.4) is 0 Å². The summed E-state index contributed by atoms with van der Waals surface area (Å²) in [7, 11) is 0. The first-order valence-corrected chi connectivity index (χ1v) is 7.12. The molecule has 0 saturated heterocycles. The Bertz CT molecular complexity index is 583. The number of aryl methyl sites for hydroxylation is 1. The molecule has 3 rings (SSSR count). The molecule has 4 nitrogen and oxygen atoms in total. The summed E-state index contributed by atoms with van der Waals surface area (Å²) in [6.07, 6.45) is 0. The molecule has 0 radical (unpaired) electrons. The number of aromatic nitrogens is 1. The van der Waals surface area contributed by atoms with Crippen molar-refractivity contribution in [3.8, 4) is 5.75 Å². The molecule has 0 bridgehead atoms. The number of fused-ring (bicyclic) bond motifs is 1. The molecule has 0 spiro atoms. The second kappa shape index (κ2) is 5.19. The van der Waals surface area contributed by atoms with Gasteiger partial charge in [-0.15, -0.1) is 0 Å². The fraction of sp³-hybridized carbons (Fsp3) is 0.357. The average molecular weight is 276 g/mol. The van der Waals surface area contributed by atoms with Crippen LogP contribution >= 0.6 is 11.3 Å². The zero-order valence-corrected chi connectivity index (χ0v) is 11.6. The number of anilines is 1. The van der Waals surface area contributed by atoms with E-state index in [9.17, 15) is 5.11 Å². The average Bonchev–Trinajstić information content (AvgIpc) is 2.68. The summed E-state index contributed by atoms with van der Waals surface area (Å²) >= 11 is 1.56. The molecule has 0 atom stereocenters. The van der Waals surface area contributed by atoms with Gasteiger partial charge < -0.3 is 14.7 Å². The van der Waals surface area contributed by atoms with Crippen LogP contribution in [0.1, 0.15) is 16.1 Å². The molecule has 1 aliphatic heterocycles. The van der Waals surface area contributed by atoms with E-state index < -0.39 is 0 Å². The molecular weight excluding hydrogens is 260 g/mol. The number of thiazole rings is 1. The summed E-state index contributed by atoms with van der Waals surface area (Å²) in [6.45, 7) is 4.27. The van der Waals surface area contributed by atoms with Crippen molar-refractivity contribution < 1.29 is 9.84 Å². The van der Waals surface area contributed by atoms with E-state index in [2.05, 4.69) is 16.0 Å². The first-order valence-electron chi connectivity index (χ1n) is 6.31. The van der Waals surface area contributed by atoms with E-state index in [0.717, 1.165) is 34.5 Å². The highest BCUT2D eigenvalue weighted by Gasteiger charge is 2.18. The second-order valence-electron chi connectivity index (χ2n) is 4.54. The summed E-state index contributed by atoms with van der Waals surface area (Å²) in [5.74, 6) is 0.959. The second-order valence-corrected chi connectivity index (χ2v) is 5.60. The minimum Gasteiger partial charge on any atom is -0.491 e.